The highest BCUT2D eigenvalue weighted by atomic mass is 35.5. The highest BCUT2D eigenvalue weighted by Crippen LogP contribution is 2.25. The van der Waals surface area contributed by atoms with Gasteiger partial charge in [0.15, 0.2) is 0 Å². The highest BCUT2D eigenvalue weighted by molar-refractivity contribution is 6.17. The molecule has 0 N–H and O–H groups in total. The third kappa shape index (κ3) is 3.02. The molecule has 3 heteroatoms. The van der Waals surface area contributed by atoms with E-state index in [9.17, 15) is 0 Å². The van der Waals surface area contributed by atoms with Crippen molar-refractivity contribution in [2.24, 2.45) is 0 Å². The lowest BCUT2D eigenvalue weighted by molar-refractivity contribution is 0.301. The maximum absolute atomic E-state index is 5.92. The summed E-state index contributed by atoms with van der Waals surface area (Å²) in [7, 11) is 0. The molecule has 2 nitrogen and oxygen atoms in total. The zero-order valence-electron chi connectivity index (χ0n) is 10.6. The first-order valence-corrected chi connectivity index (χ1v) is 6.42. The van der Waals surface area contributed by atoms with Gasteiger partial charge in [-0.05, 0) is 31.0 Å². The Kier molecular flexibility index (Phi) is 4.21. The first kappa shape index (κ1) is 12.9. The van der Waals surface area contributed by atoms with Crippen molar-refractivity contribution in [2.45, 2.75) is 26.3 Å². The van der Waals surface area contributed by atoms with E-state index < -0.39 is 0 Å². The van der Waals surface area contributed by atoms with Gasteiger partial charge in [-0.2, -0.15) is 0 Å². The molecule has 2 rings (SSSR count). The number of rotatable bonds is 4. The molecule has 0 aliphatic rings. The van der Waals surface area contributed by atoms with Crippen molar-refractivity contribution in [1.29, 1.82) is 0 Å². The van der Waals surface area contributed by atoms with Crippen molar-refractivity contribution in [2.75, 3.05) is 0 Å². The van der Waals surface area contributed by atoms with Crippen LogP contribution in [0.1, 0.15) is 22.3 Å². The molecule has 0 fully saturated rings. The Hall–Kier alpha value is -1.54. The van der Waals surface area contributed by atoms with E-state index >= 15 is 0 Å². The van der Waals surface area contributed by atoms with Crippen molar-refractivity contribution in [3.8, 4) is 5.75 Å². The molecule has 0 spiro atoms. The lowest BCUT2D eigenvalue weighted by Gasteiger charge is -2.12. The monoisotopic (exact) mass is 261 g/mol. The Balaban J connectivity index is 2.15. The molecule has 0 radical (unpaired) electrons. The molecular formula is C15H16ClNO. The lowest BCUT2D eigenvalue weighted by Crippen LogP contribution is -2.00. The van der Waals surface area contributed by atoms with Gasteiger partial charge in [-0.25, -0.2) is 0 Å². The predicted octanol–water partition coefficient (Wildman–Crippen LogP) is 4.02. The standard InChI is InChI=1S/C15H16ClNO/c1-11-6-13(9-17-8-11)10-18-15-12(2)4-3-5-14(15)7-16/h3-6,8-9H,7,10H2,1-2H3. The molecule has 0 aliphatic carbocycles. The SMILES string of the molecule is Cc1cncc(COc2c(C)cccc2CCl)c1. The number of para-hydroxylation sites is 1. The van der Waals surface area contributed by atoms with E-state index in [4.69, 9.17) is 16.3 Å². The van der Waals surface area contributed by atoms with Crippen LogP contribution < -0.4 is 4.74 Å². The molecular weight excluding hydrogens is 246 g/mol. The maximum Gasteiger partial charge on any atom is 0.127 e. The maximum atomic E-state index is 5.92. The van der Waals surface area contributed by atoms with Crippen LogP contribution in [0, 0.1) is 13.8 Å². The number of halogens is 1. The molecule has 0 aliphatic heterocycles. The van der Waals surface area contributed by atoms with Gasteiger partial charge in [0, 0.05) is 23.5 Å². The van der Waals surface area contributed by atoms with E-state index in [2.05, 4.69) is 11.1 Å². The van der Waals surface area contributed by atoms with Crippen molar-refractivity contribution < 1.29 is 4.74 Å². The second-order valence-corrected chi connectivity index (χ2v) is 4.62. The van der Waals surface area contributed by atoms with E-state index in [-0.39, 0.29) is 0 Å². The minimum absolute atomic E-state index is 0.461. The van der Waals surface area contributed by atoms with E-state index in [1.54, 1.807) is 0 Å². The lowest BCUT2D eigenvalue weighted by atomic mass is 10.1. The van der Waals surface area contributed by atoms with Gasteiger partial charge in [-0.3, -0.25) is 4.98 Å². The second-order valence-electron chi connectivity index (χ2n) is 4.36. The van der Waals surface area contributed by atoms with Crippen LogP contribution in [0.5, 0.6) is 5.75 Å². The molecule has 2 aromatic rings. The molecule has 0 bridgehead atoms. The third-order valence-corrected chi connectivity index (χ3v) is 3.04. The summed E-state index contributed by atoms with van der Waals surface area (Å²) < 4.78 is 5.88. The number of aryl methyl sites for hydroxylation is 2. The molecule has 1 heterocycles. The van der Waals surface area contributed by atoms with Crippen molar-refractivity contribution in [1.82, 2.24) is 4.98 Å². The van der Waals surface area contributed by atoms with Gasteiger partial charge in [0.25, 0.3) is 0 Å². The first-order chi connectivity index (χ1) is 8.70. The Labute approximate surface area is 113 Å². The number of aromatic nitrogens is 1. The third-order valence-electron chi connectivity index (χ3n) is 2.75. The molecule has 0 saturated heterocycles. The molecule has 0 amide bonds. The molecule has 1 aromatic heterocycles. The van der Waals surface area contributed by atoms with Crippen LogP contribution in [0.2, 0.25) is 0 Å². The summed E-state index contributed by atoms with van der Waals surface area (Å²) in [5.41, 5.74) is 4.34. The Morgan fingerprint density at radius 3 is 2.78 bits per heavy atom. The molecule has 0 unspecified atom stereocenters. The van der Waals surface area contributed by atoms with Gasteiger partial charge in [-0.15, -0.1) is 11.6 Å². The normalized spacial score (nSPS) is 10.4. The van der Waals surface area contributed by atoms with Crippen LogP contribution in [-0.4, -0.2) is 4.98 Å². The highest BCUT2D eigenvalue weighted by Gasteiger charge is 2.06. The number of hydrogen-bond acceptors (Lipinski definition) is 2. The van der Waals surface area contributed by atoms with Gasteiger partial charge in [0.05, 0.1) is 5.88 Å². The van der Waals surface area contributed by atoms with Gasteiger partial charge in [0.2, 0.25) is 0 Å². The average molecular weight is 262 g/mol. The largest absolute Gasteiger partial charge is 0.488 e. The predicted molar refractivity (Wildman–Crippen MR) is 74.0 cm³/mol. The summed E-state index contributed by atoms with van der Waals surface area (Å²) in [5.74, 6) is 1.34. The van der Waals surface area contributed by atoms with Crippen molar-refractivity contribution >= 4 is 11.6 Å². The summed E-state index contributed by atoms with van der Waals surface area (Å²) in [5, 5.41) is 0. The van der Waals surface area contributed by atoms with Crippen LogP contribution >= 0.6 is 11.6 Å². The van der Waals surface area contributed by atoms with Crippen LogP contribution in [0.3, 0.4) is 0 Å². The van der Waals surface area contributed by atoms with E-state index in [0.717, 1.165) is 28.0 Å². The fourth-order valence-electron chi connectivity index (χ4n) is 1.88. The van der Waals surface area contributed by atoms with E-state index in [0.29, 0.717) is 12.5 Å². The molecule has 18 heavy (non-hydrogen) atoms. The zero-order valence-corrected chi connectivity index (χ0v) is 11.4. The van der Waals surface area contributed by atoms with Crippen LogP contribution in [-0.2, 0) is 12.5 Å². The Bertz CT molecular complexity index is 540. The Morgan fingerprint density at radius 2 is 2.06 bits per heavy atom. The minimum Gasteiger partial charge on any atom is -0.488 e. The smallest absolute Gasteiger partial charge is 0.127 e. The summed E-state index contributed by atoms with van der Waals surface area (Å²) in [6, 6.07) is 8.09. The van der Waals surface area contributed by atoms with Crippen LogP contribution in [0.25, 0.3) is 0 Å². The molecule has 1 aromatic carbocycles. The fourth-order valence-corrected chi connectivity index (χ4v) is 2.09. The zero-order chi connectivity index (χ0) is 13.0. The summed E-state index contributed by atoms with van der Waals surface area (Å²) in [4.78, 5) is 4.16. The van der Waals surface area contributed by atoms with Gasteiger partial charge in [-0.1, -0.05) is 18.2 Å². The summed E-state index contributed by atoms with van der Waals surface area (Å²) >= 11 is 5.92. The molecule has 0 saturated carbocycles. The minimum atomic E-state index is 0.461. The van der Waals surface area contributed by atoms with Gasteiger partial charge in [0.1, 0.15) is 12.4 Å². The molecule has 94 valence electrons. The van der Waals surface area contributed by atoms with Gasteiger partial charge < -0.3 is 4.74 Å². The quantitative estimate of drug-likeness (QED) is 0.776. The summed E-state index contributed by atoms with van der Waals surface area (Å²) in [6.07, 6.45) is 3.66. The number of hydrogen-bond donors (Lipinski definition) is 0. The average Bonchev–Trinajstić information content (AvgIpc) is 2.37. The van der Waals surface area contributed by atoms with Gasteiger partial charge >= 0.3 is 0 Å². The topological polar surface area (TPSA) is 22.1 Å². The fraction of sp³-hybridized carbons (Fsp3) is 0.267. The van der Waals surface area contributed by atoms with Crippen LogP contribution in [0.15, 0.2) is 36.7 Å². The van der Waals surface area contributed by atoms with E-state index in [1.807, 2.05) is 44.4 Å². The summed E-state index contributed by atoms with van der Waals surface area (Å²) in [6.45, 7) is 4.57. The number of pyridine rings is 1. The number of benzene rings is 1. The van der Waals surface area contributed by atoms with Crippen LogP contribution in [0.4, 0.5) is 0 Å². The van der Waals surface area contributed by atoms with Crippen molar-refractivity contribution in [3.05, 3.63) is 58.9 Å². The second kappa shape index (κ2) is 5.87. The number of alkyl halides is 1. The first-order valence-electron chi connectivity index (χ1n) is 5.88. The van der Waals surface area contributed by atoms with Crippen molar-refractivity contribution in [3.63, 3.8) is 0 Å². The molecule has 0 atom stereocenters. The number of ether oxygens (including phenoxy) is 1. The Morgan fingerprint density at radius 1 is 1.22 bits per heavy atom. The number of nitrogens with zero attached hydrogens (tertiary/aromatic N) is 1. The van der Waals surface area contributed by atoms with E-state index in [1.165, 1.54) is 0 Å².